The van der Waals surface area contributed by atoms with Gasteiger partial charge in [0.05, 0.1) is 20.3 Å². The SMILES string of the molecule is COc1cccc(OC)c1C(=O)NCC(c1ccc(F)cc1)N1CCCC1. The average Bonchev–Trinajstić information content (AvgIpc) is 3.23. The van der Waals surface area contributed by atoms with Crippen LogP contribution in [0.25, 0.3) is 0 Å². The molecular formula is C21H25FN2O3. The highest BCUT2D eigenvalue weighted by Crippen LogP contribution is 2.29. The summed E-state index contributed by atoms with van der Waals surface area (Å²) in [7, 11) is 3.05. The Morgan fingerprint density at radius 2 is 1.67 bits per heavy atom. The minimum atomic E-state index is -0.262. The molecule has 5 nitrogen and oxygen atoms in total. The minimum Gasteiger partial charge on any atom is -0.496 e. The predicted octanol–water partition coefficient (Wildman–Crippen LogP) is 3.41. The number of halogens is 1. The van der Waals surface area contributed by atoms with Crippen molar-refractivity contribution in [2.45, 2.75) is 18.9 Å². The van der Waals surface area contributed by atoms with E-state index in [4.69, 9.17) is 9.47 Å². The Labute approximate surface area is 159 Å². The number of benzene rings is 2. The standard InChI is InChI=1S/C21H25FN2O3/c1-26-18-6-5-7-19(27-2)20(18)21(25)23-14-17(24-12-3-4-13-24)15-8-10-16(22)11-9-15/h5-11,17H,3-4,12-14H2,1-2H3,(H,23,25). The van der Waals surface area contributed by atoms with E-state index in [1.807, 2.05) is 0 Å². The van der Waals surface area contributed by atoms with Gasteiger partial charge in [0.25, 0.3) is 5.91 Å². The lowest BCUT2D eigenvalue weighted by atomic mass is 10.0. The fraction of sp³-hybridized carbons (Fsp3) is 0.381. The van der Waals surface area contributed by atoms with Crippen LogP contribution in [0.15, 0.2) is 42.5 Å². The highest BCUT2D eigenvalue weighted by molar-refractivity contribution is 5.99. The zero-order valence-electron chi connectivity index (χ0n) is 15.7. The number of methoxy groups -OCH3 is 2. The van der Waals surface area contributed by atoms with Crippen molar-refractivity contribution in [3.05, 3.63) is 59.4 Å². The van der Waals surface area contributed by atoms with Crippen molar-refractivity contribution in [1.82, 2.24) is 10.2 Å². The first-order chi connectivity index (χ1) is 13.1. The predicted molar refractivity (Wildman–Crippen MR) is 102 cm³/mol. The van der Waals surface area contributed by atoms with Crippen LogP contribution in [0.3, 0.4) is 0 Å². The van der Waals surface area contributed by atoms with Gasteiger partial charge in [0.15, 0.2) is 0 Å². The molecule has 1 fully saturated rings. The third kappa shape index (κ3) is 4.39. The van der Waals surface area contributed by atoms with Crippen LogP contribution in [0.5, 0.6) is 11.5 Å². The number of rotatable bonds is 7. The zero-order valence-corrected chi connectivity index (χ0v) is 15.7. The Bertz CT molecular complexity index is 751. The van der Waals surface area contributed by atoms with E-state index in [1.165, 1.54) is 26.4 Å². The number of carbonyl (C=O) groups excluding carboxylic acids is 1. The van der Waals surface area contributed by atoms with Gasteiger partial charge >= 0.3 is 0 Å². The number of amides is 1. The zero-order chi connectivity index (χ0) is 19.2. The molecule has 144 valence electrons. The van der Waals surface area contributed by atoms with Crippen molar-refractivity contribution >= 4 is 5.91 Å². The topological polar surface area (TPSA) is 50.8 Å². The molecule has 1 N–H and O–H groups in total. The maximum absolute atomic E-state index is 13.3. The van der Waals surface area contributed by atoms with E-state index in [9.17, 15) is 9.18 Å². The summed E-state index contributed by atoms with van der Waals surface area (Å²) in [6, 6.07) is 11.7. The molecule has 2 aromatic rings. The van der Waals surface area contributed by atoms with E-state index >= 15 is 0 Å². The van der Waals surface area contributed by atoms with Gasteiger partial charge in [0, 0.05) is 6.54 Å². The highest BCUT2D eigenvalue weighted by atomic mass is 19.1. The quantitative estimate of drug-likeness (QED) is 0.809. The third-order valence-corrected chi connectivity index (χ3v) is 4.95. The number of likely N-dealkylation sites (tertiary alicyclic amines) is 1. The van der Waals surface area contributed by atoms with Gasteiger partial charge in [-0.2, -0.15) is 0 Å². The van der Waals surface area contributed by atoms with Crippen molar-refractivity contribution < 1.29 is 18.7 Å². The van der Waals surface area contributed by atoms with Crippen LogP contribution >= 0.6 is 0 Å². The Morgan fingerprint density at radius 3 is 2.22 bits per heavy atom. The van der Waals surface area contributed by atoms with E-state index in [2.05, 4.69) is 10.2 Å². The summed E-state index contributed by atoms with van der Waals surface area (Å²) in [6.07, 6.45) is 2.26. The third-order valence-electron chi connectivity index (χ3n) is 4.95. The molecule has 1 saturated heterocycles. The van der Waals surface area contributed by atoms with Gasteiger partial charge in [-0.05, 0) is 55.8 Å². The van der Waals surface area contributed by atoms with Gasteiger partial charge < -0.3 is 14.8 Å². The summed E-state index contributed by atoms with van der Waals surface area (Å²) in [4.78, 5) is 15.2. The summed E-state index contributed by atoms with van der Waals surface area (Å²) in [5.41, 5.74) is 1.37. The maximum Gasteiger partial charge on any atom is 0.258 e. The second kappa shape index (κ2) is 8.86. The maximum atomic E-state index is 13.3. The van der Waals surface area contributed by atoms with Crippen LogP contribution in [0.4, 0.5) is 4.39 Å². The van der Waals surface area contributed by atoms with E-state index in [-0.39, 0.29) is 17.8 Å². The molecule has 27 heavy (non-hydrogen) atoms. The number of nitrogens with zero attached hydrogens (tertiary/aromatic N) is 1. The molecular weight excluding hydrogens is 347 g/mol. The number of hydrogen-bond donors (Lipinski definition) is 1. The van der Waals surface area contributed by atoms with Crippen LogP contribution in [0.1, 0.15) is 34.8 Å². The molecule has 1 aliphatic rings. The molecule has 1 unspecified atom stereocenters. The summed E-state index contributed by atoms with van der Waals surface area (Å²) >= 11 is 0. The molecule has 6 heteroatoms. The summed E-state index contributed by atoms with van der Waals surface area (Å²) in [5, 5.41) is 3.00. The molecule has 0 saturated carbocycles. The van der Waals surface area contributed by atoms with Crippen molar-refractivity contribution in [3.63, 3.8) is 0 Å². The summed E-state index contributed by atoms with van der Waals surface area (Å²) < 4.78 is 24.0. The lowest BCUT2D eigenvalue weighted by molar-refractivity contribution is 0.0931. The molecule has 1 atom stereocenters. The first kappa shape index (κ1) is 19.2. The molecule has 3 rings (SSSR count). The first-order valence-electron chi connectivity index (χ1n) is 9.12. The van der Waals surface area contributed by atoms with Crippen LogP contribution in [0, 0.1) is 5.82 Å². The fourth-order valence-corrected chi connectivity index (χ4v) is 3.55. The Kier molecular flexibility index (Phi) is 6.29. The summed E-state index contributed by atoms with van der Waals surface area (Å²) in [5.74, 6) is 0.412. The number of hydrogen-bond acceptors (Lipinski definition) is 4. The van der Waals surface area contributed by atoms with Gasteiger partial charge in [-0.15, -0.1) is 0 Å². The van der Waals surface area contributed by atoms with E-state index < -0.39 is 0 Å². The van der Waals surface area contributed by atoms with Gasteiger partial charge in [-0.25, -0.2) is 4.39 Å². The molecule has 0 aromatic heterocycles. The largest absolute Gasteiger partial charge is 0.496 e. The lowest BCUT2D eigenvalue weighted by Crippen LogP contribution is -2.37. The van der Waals surface area contributed by atoms with Gasteiger partial charge in [-0.1, -0.05) is 18.2 Å². The van der Waals surface area contributed by atoms with Crippen molar-refractivity contribution in [2.24, 2.45) is 0 Å². The fourth-order valence-electron chi connectivity index (χ4n) is 3.55. The van der Waals surface area contributed by atoms with E-state index in [0.717, 1.165) is 31.5 Å². The van der Waals surface area contributed by atoms with E-state index in [1.54, 1.807) is 30.3 Å². The van der Waals surface area contributed by atoms with Gasteiger partial charge in [0.1, 0.15) is 22.9 Å². The van der Waals surface area contributed by atoms with Crippen molar-refractivity contribution in [2.75, 3.05) is 33.9 Å². The Hall–Kier alpha value is -2.60. The smallest absolute Gasteiger partial charge is 0.258 e. The first-order valence-corrected chi connectivity index (χ1v) is 9.12. The number of nitrogens with one attached hydrogen (secondary N) is 1. The molecule has 0 radical (unpaired) electrons. The molecule has 0 spiro atoms. The second-order valence-electron chi connectivity index (χ2n) is 6.56. The molecule has 1 heterocycles. The van der Waals surface area contributed by atoms with Crippen LogP contribution in [-0.2, 0) is 0 Å². The molecule has 2 aromatic carbocycles. The molecule has 0 aliphatic carbocycles. The number of ether oxygens (including phenoxy) is 2. The van der Waals surface area contributed by atoms with Crippen molar-refractivity contribution in [1.29, 1.82) is 0 Å². The normalized spacial score (nSPS) is 15.4. The van der Waals surface area contributed by atoms with Crippen molar-refractivity contribution in [3.8, 4) is 11.5 Å². The highest BCUT2D eigenvalue weighted by Gasteiger charge is 2.25. The van der Waals surface area contributed by atoms with E-state index in [0.29, 0.717) is 23.6 Å². The average molecular weight is 372 g/mol. The van der Waals surface area contributed by atoms with Gasteiger partial charge in [0.2, 0.25) is 0 Å². The number of carbonyl (C=O) groups is 1. The Balaban J connectivity index is 1.79. The lowest BCUT2D eigenvalue weighted by Gasteiger charge is -2.28. The molecule has 0 bridgehead atoms. The minimum absolute atomic E-state index is 0.00208. The monoisotopic (exact) mass is 372 g/mol. The Morgan fingerprint density at radius 1 is 1.07 bits per heavy atom. The van der Waals surface area contributed by atoms with Crippen LogP contribution in [-0.4, -0.2) is 44.7 Å². The van der Waals surface area contributed by atoms with Crippen LogP contribution in [0.2, 0.25) is 0 Å². The van der Waals surface area contributed by atoms with Crippen LogP contribution < -0.4 is 14.8 Å². The second-order valence-corrected chi connectivity index (χ2v) is 6.56. The van der Waals surface area contributed by atoms with Gasteiger partial charge in [-0.3, -0.25) is 9.69 Å². The molecule has 1 amide bonds. The summed E-state index contributed by atoms with van der Waals surface area (Å²) in [6.45, 7) is 2.36. The molecule has 1 aliphatic heterocycles.